The molecule has 0 radical (unpaired) electrons. The fraction of sp³-hybridized carbons (Fsp3) is 0.714. The minimum Gasteiger partial charge on any atom is -0.414 e. The maximum Gasteiger partial charge on any atom is 0.472 e. The third kappa shape index (κ3) is 8.55. The van der Waals surface area contributed by atoms with E-state index in [-0.39, 0.29) is 50.5 Å². The number of hydrogen-bond donors (Lipinski definition) is 4. The van der Waals surface area contributed by atoms with Crippen LogP contribution in [0.5, 0.6) is 0 Å². The number of likely N-dealkylation sites (N-methyl/N-ethyl adjacent to an activating group) is 1. The van der Waals surface area contributed by atoms with Crippen LogP contribution in [0.1, 0.15) is 79.5 Å². The van der Waals surface area contributed by atoms with Gasteiger partial charge in [-0.05, 0) is 34.0 Å². The number of ether oxygens (including phenoxy) is 3. The molecule has 5 unspecified atom stereocenters. The summed E-state index contributed by atoms with van der Waals surface area (Å²) < 4.78 is 106. The molecule has 0 saturated carbocycles. The molecule has 8 heterocycles. The molecule has 8 rings (SSSR count). The summed E-state index contributed by atoms with van der Waals surface area (Å²) in [6, 6.07) is 0. The van der Waals surface area contributed by atoms with Crippen LogP contribution in [0.3, 0.4) is 0 Å². The van der Waals surface area contributed by atoms with Crippen molar-refractivity contribution in [2.75, 3.05) is 26.0 Å². The maximum absolute atomic E-state index is 16.6. The lowest BCUT2D eigenvalue weighted by atomic mass is 10.1. The minimum atomic E-state index is -5.29. The van der Waals surface area contributed by atoms with Crippen molar-refractivity contribution >= 4 is 72.6 Å². The Kier molecular flexibility index (Phi) is 12.9. The van der Waals surface area contributed by atoms with E-state index in [2.05, 4.69) is 19.9 Å². The van der Waals surface area contributed by atoms with Crippen molar-refractivity contribution in [1.82, 2.24) is 29.0 Å². The average Bonchev–Trinajstić information content (AvgIpc) is 3.46. The molecule has 350 valence electrons. The van der Waals surface area contributed by atoms with Crippen LogP contribution >= 0.6 is 14.5 Å². The molecule has 0 aromatic carbocycles. The lowest BCUT2D eigenvalue weighted by molar-refractivity contribution is -0.0647. The summed E-state index contributed by atoms with van der Waals surface area (Å²) in [6.07, 6.45) is -8.94. The molecule has 28 heteroatoms. The van der Waals surface area contributed by atoms with Crippen LogP contribution in [0.4, 0.5) is 20.4 Å². The molecule has 0 amide bonds. The van der Waals surface area contributed by atoms with Gasteiger partial charge in [-0.15, -0.1) is 0 Å². The SMILES string of the molecule is CC(C)[Si](O)(O[Si](O[C@H]1[C@H]2OP(=O)(O)OCC3O[C@@H](n4cnc5c(N)ncnc54)[C@H](F)[C@@H]3OP(O)(=S)OC[C@H]1O[C@H]2n1cc(F)c2c1N=CN(C)C1OC21)(C(C)C)C(C)C)C(C)C. The van der Waals surface area contributed by atoms with Crippen molar-refractivity contribution in [3.63, 3.8) is 0 Å². The number of aromatic nitrogens is 5. The van der Waals surface area contributed by atoms with Crippen molar-refractivity contribution in [1.29, 1.82) is 0 Å². The van der Waals surface area contributed by atoms with Gasteiger partial charge in [0, 0.05) is 13.2 Å². The molecule has 12 atom stereocenters. The van der Waals surface area contributed by atoms with Crippen molar-refractivity contribution in [2.24, 2.45) is 4.99 Å². The van der Waals surface area contributed by atoms with Gasteiger partial charge < -0.3 is 57.1 Å². The first-order valence-electron chi connectivity index (χ1n) is 20.6. The number of nitrogens with zero attached hydrogens (tertiary/aromatic N) is 7. The van der Waals surface area contributed by atoms with Gasteiger partial charge in [-0.2, -0.15) is 0 Å². The van der Waals surface area contributed by atoms with Crippen LogP contribution in [0.25, 0.3) is 11.2 Å². The molecule has 0 spiro atoms. The molecule has 5 N–H and O–H groups in total. The smallest absolute Gasteiger partial charge is 0.414 e. The molecule has 2 bridgehead atoms. The molecule has 3 aromatic rings. The van der Waals surface area contributed by atoms with Crippen molar-refractivity contribution in [2.45, 2.75) is 139 Å². The molecule has 5 aliphatic rings. The van der Waals surface area contributed by atoms with Gasteiger partial charge in [0.05, 0.1) is 31.4 Å². The average molecular weight is 983 g/mol. The number of phosphoric ester groups is 1. The molecule has 3 aromatic heterocycles. The topological polar surface area (TPSA) is 254 Å². The quantitative estimate of drug-likeness (QED) is 0.115. The molecular weight excluding hydrogens is 929 g/mol. The summed E-state index contributed by atoms with van der Waals surface area (Å²) in [5.74, 6) is -0.593. The zero-order chi connectivity index (χ0) is 45.7. The molecule has 63 heavy (non-hydrogen) atoms. The van der Waals surface area contributed by atoms with E-state index in [9.17, 15) is 19.1 Å². The van der Waals surface area contributed by atoms with Crippen LogP contribution in [0.2, 0.25) is 22.2 Å². The summed E-state index contributed by atoms with van der Waals surface area (Å²) >= 11 is 5.47. The van der Waals surface area contributed by atoms with E-state index >= 15 is 8.78 Å². The summed E-state index contributed by atoms with van der Waals surface area (Å²) in [4.78, 5) is 54.0. The fourth-order valence-corrected chi connectivity index (χ4v) is 21.1. The minimum absolute atomic E-state index is 0.0261. The van der Waals surface area contributed by atoms with Gasteiger partial charge in [-0.25, -0.2) is 33.3 Å². The Morgan fingerprint density at radius 3 is 2.24 bits per heavy atom. The second-order valence-corrected chi connectivity index (χ2v) is 30.4. The van der Waals surface area contributed by atoms with E-state index < -0.39 is 112 Å². The summed E-state index contributed by atoms with van der Waals surface area (Å²) in [5.41, 5.74) is 5.07. The Hall–Kier alpha value is -2.21. The fourth-order valence-electron chi connectivity index (χ4n) is 8.76. The van der Waals surface area contributed by atoms with Crippen LogP contribution in [0.15, 0.2) is 23.8 Å². The normalized spacial score (nSPS) is 35.2. The van der Waals surface area contributed by atoms with Gasteiger partial charge in [0.15, 0.2) is 36.3 Å². The lowest BCUT2D eigenvalue weighted by Crippen LogP contribution is -2.62. The molecular formula is C35H54F2N8O13P2SSi2. The van der Waals surface area contributed by atoms with E-state index in [1.54, 1.807) is 11.9 Å². The van der Waals surface area contributed by atoms with Gasteiger partial charge >= 0.3 is 31.7 Å². The highest BCUT2D eigenvalue weighted by Gasteiger charge is 2.61. The lowest BCUT2D eigenvalue weighted by Gasteiger charge is -2.47. The van der Waals surface area contributed by atoms with Gasteiger partial charge in [-0.1, -0.05) is 55.4 Å². The van der Waals surface area contributed by atoms with E-state index in [1.165, 1.54) is 21.8 Å². The van der Waals surface area contributed by atoms with Gasteiger partial charge in [0.2, 0.25) is 0 Å². The Bertz CT molecular complexity index is 2320. The number of fused-ring (bicyclic) bond motifs is 7. The Morgan fingerprint density at radius 1 is 0.905 bits per heavy atom. The number of nitrogens with two attached hydrogens (primary N) is 1. The maximum atomic E-state index is 16.6. The number of nitrogen functional groups attached to an aromatic ring is 1. The second-order valence-electron chi connectivity index (χ2n) is 17.6. The highest BCUT2D eigenvalue weighted by atomic mass is 32.5. The van der Waals surface area contributed by atoms with Crippen molar-refractivity contribution in [3.05, 3.63) is 30.2 Å². The van der Waals surface area contributed by atoms with E-state index in [0.29, 0.717) is 0 Å². The molecule has 0 aliphatic carbocycles. The van der Waals surface area contributed by atoms with Crippen LogP contribution in [-0.2, 0) is 57.2 Å². The highest BCUT2D eigenvalue weighted by molar-refractivity contribution is 8.07. The first-order valence-corrected chi connectivity index (χ1v) is 28.7. The molecule has 5 aliphatic heterocycles. The van der Waals surface area contributed by atoms with Gasteiger partial charge in [0.25, 0.3) is 0 Å². The first kappa shape index (κ1) is 47.3. The first-order chi connectivity index (χ1) is 29.5. The predicted octanol–water partition coefficient (Wildman–Crippen LogP) is 5.24. The number of anilines is 1. The largest absolute Gasteiger partial charge is 0.472 e. The van der Waals surface area contributed by atoms with Gasteiger partial charge in [0.1, 0.15) is 60.1 Å². The Balaban J connectivity index is 1.21. The molecule has 4 fully saturated rings. The summed E-state index contributed by atoms with van der Waals surface area (Å²) in [6.45, 7) is 9.17. The van der Waals surface area contributed by atoms with Crippen LogP contribution < -0.4 is 5.73 Å². The predicted molar refractivity (Wildman–Crippen MR) is 228 cm³/mol. The molecule has 4 saturated heterocycles. The number of alkyl halides is 1. The Morgan fingerprint density at radius 2 is 1.57 bits per heavy atom. The monoisotopic (exact) mass is 982 g/mol. The summed E-state index contributed by atoms with van der Waals surface area (Å²) in [7, 11) is -10.9. The number of rotatable bonds is 10. The van der Waals surface area contributed by atoms with E-state index in [4.69, 9.17) is 58.4 Å². The Labute approximate surface area is 369 Å². The van der Waals surface area contributed by atoms with Crippen LogP contribution in [0, 0.1) is 5.82 Å². The second kappa shape index (κ2) is 17.1. The third-order valence-electron chi connectivity index (χ3n) is 12.2. The van der Waals surface area contributed by atoms with Gasteiger partial charge in [-0.3, -0.25) is 18.1 Å². The number of hydrogen-bond acceptors (Lipinski definition) is 18. The zero-order valence-corrected chi connectivity index (χ0v) is 40.6. The van der Waals surface area contributed by atoms with Crippen molar-refractivity contribution in [3.8, 4) is 0 Å². The zero-order valence-electron chi connectivity index (χ0n) is 36.0. The number of epoxide rings is 1. The number of phosphoric acid groups is 1. The number of aliphatic imine (C=N–C) groups is 1. The third-order valence-corrected chi connectivity index (χ3v) is 24.5. The van der Waals surface area contributed by atoms with E-state index in [1.807, 2.05) is 55.4 Å². The summed E-state index contributed by atoms with van der Waals surface area (Å²) in [5, 5.41) is 0. The van der Waals surface area contributed by atoms with E-state index in [0.717, 1.165) is 12.5 Å². The highest BCUT2D eigenvalue weighted by Crippen LogP contribution is 2.57. The number of halogens is 2. The van der Waals surface area contributed by atoms with Crippen molar-refractivity contribution < 1.29 is 68.8 Å². The number of imidazole rings is 1. The molecule has 21 nitrogen and oxygen atoms in total. The standard InChI is InChI=1S/C35H54F2N8O13P2SSi2/c1-16(2)62(49,17(3)4)58-63(18(5)6,19(7)8)57-27-22-12-51-60(48,61)56-26-21(52-33(24(26)37)45-15-41-25-30(38)39-13-40-32(25)45)11-50-59(46,47)55-29(27)35(53-22)44-10-20(36)23-28-34(54-28)43(9)14-42-31(23)44/h10,13-19,21-22,24,26-29,33-35,49H,11-12H2,1-9H3,(H,46,47)(H,48,61)(H2,38,39,40)/t21?,22-,24-,26-,27-,28?,29-,33-,34?,35-,60?/m1/s1. The van der Waals surface area contributed by atoms with Crippen LogP contribution in [-0.4, -0.2) is 130 Å².